The van der Waals surface area contributed by atoms with Crippen LogP contribution in [0.4, 0.5) is 0 Å². The Kier molecular flexibility index (Phi) is 5.82. The monoisotopic (exact) mass is 430 g/mol. The summed E-state index contributed by atoms with van der Waals surface area (Å²) < 4.78 is 1.03. The van der Waals surface area contributed by atoms with Crippen molar-refractivity contribution in [1.82, 2.24) is 0 Å². The van der Waals surface area contributed by atoms with Crippen LogP contribution in [0.5, 0.6) is 0 Å². The van der Waals surface area contributed by atoms with E-state index in [4.69, 9.17) is 9.98 Å². The van der Waals surface area contributed by atoms with Gasteiger partial charge >= 0.3 is 0 Å². The Labute approximate surface area is 175 Å². The van der Waals surface area contributed by atoms with Gasteiger partial charge in [-0.25, -0.2) is 9.98 Å². The third kappa shape index (κ3) is 4.15. The summed E-state index contributed by atoms with van der Waals surface area (Å²) in [6.45, 7) is 2.22. The molecule has 1 unspecified atom stereocenters. The maximum Gasteiger partial charge on any atom is 0.159 e. The van der Waals surface area contributed by atoms with E-state index in [1.165, 1.54) is 0 Å². The molecule has 28 heavy (non-hydrogen) atoms. The Balaban J connectivity index is 1.86. The standard InChI is InChI=1S/C25H23BrN2/c1-2-18-17-23(19-10-5-3-6-11-19)27-25(21-14-9-15-22(26)16-21)28-24(18)20-12-7-4-8-13-20/h3-10,12-19H,2,11H2,1H3/t18-,19?/m0/s1. The third-order valence-corrected chi connectivity index (χ3v) is 5.63. The maximum absolute atomic E-state index is 5.11. The van der Waals surface area contributed by atoms with Gasteiger partial charge in [0.15, 0.2) is 5.84 Å². The molecule has 0 radical (unpaired) electrons. The predicted molar refractivity (Wildman–Crippen MR) is 122 cm³/mol. The van der Waals surface area contributed by atoms with Crippen LogP contribution in [-0.2, 0) is 0 Å². The molecule has 0 saturated heterocycles. The van der Waals surface area contributed by atoms with Gasteiger partial charge in [0.2, 0.25) is 0 Å². The van der Waals surface area contributed by atoms with Crippen LogP contribution in [0.15, 0.2) is 105 Å². The van der Waals surface area contributed by atoms with Crippen molar-refractivity contribution in [2.45, 2.75) is 19.8 Å². The lowest BCUT2D eigenvalue weighted by atomic mass is 9.89. The molecule has 2 atom stereocenters. The van der Waals surface area contributed by atoms with Crippen LogP contribution < -0.4 is 0 Å². The molecular weight excluding hydrogens is 408 g/mol. The van der Waals surface area contributed by atoms with Gasteiger partial charge in [0.25, 0.3) is 0 Å². The highest BCUT2D eigenvalue weighted by Gasteiger charge is 2.23. The van der Waals surface area contributed by atoms with Crippen molar-refractivity contribution in [3.05, 3.63) is 106 Å². The molecule has 2 aliphatic rings. The second-order valence-corrected chi connectivity index (χ2v) is 7.99. The van der Waals surface area contributed by atoms with Crippen molar-refractivity contribution in [1.29, 1.82) is 0 Å². The van der Waals surface area contributed by atoms with Crippen LogP contribution in [0.2, 0.25) is 0 Å². The van der Waals surface area contributed by atoms with E-state index in [9.17, 15) is 0 Å². The third-order valence-electron chi connectivity index (χ3n) is 5.14. The molecule has 2 nitrogen and oxygen atoms in total. The zero-order valence-electron chi connectivity index (χ0n) is 15.9. The van der Waals surface area contributed by atoms with E-state index in [0.29, 0.717) is 5.92 Å². The zero-order chi connectivity index (χ0) is 19.3. The molecular formula is C25H23BrN2. The average Bonchev–Trinajstić information content (AvgIpc) is 2.95. The number of hydrogen-bond acceptors (Lipinski definition) is 2. The summed E-state index contributed by atoms with van der Waals surface area (Å²) in [7, 11) is 0. The summed E-state index contributed by atoms with van der Waals surface area (Å²) in [5.41, 5.74) is 4.39. The molecule has 0 fully saturated rings. The van der Waals surface area contributed by atoms with Gasteiger partial charge in [-0.3, -0.25) is 0 Å². The van der Waals surface area contributed by atoms with Crippen molar-refractivity contribution in [2.24, 2.45) is 21.8 Å². The fourth-order valence-corrected chi connectivity index (χ4v) is 4.03. The number of halogens is 1. The summed E-state index contributed by atoms with van der Waals surface area (Å²) >= 11 is 3.59. The summed E-state index contributed by atoms with van der Waals surface area (Å²) in [6, 6.07) is 18.7. The first-order valence-corrected chi connectivity index (χ1v) is 10.6. The predicted octanol–water partition coefficient (Wildman–Crippen LogP) is 6.74. The molecule has 0 aromatic heterocycles. The molecule has 0 bridgehead atoms. The molecule has 2 aromatic carbocycles. The fraction of sp³-hybridized carbons (Fsp3) is 0.200. The molecule has 140 valence electrons. The van der Waals surface area contributed by atoms with E-state index in [2.05, 4.69) is 89.6 Å². The largest absolute Gasteiger partial charge is 0.233 e. The molecule has 1 aliphatic heterocycles. The van der Waals surface area contributed by atoms with E-state index in [0.717, 1.165) is 45.7 Å². The lowest BCUT2D eigenvalue weighted by Crippen LogP contribution is -2.15. The first kappa shape index (κ1) is 18.8. The molecule has 2 aromatic rings. The highest BCUT2D eigenvalue weighted by molar-refractivity contribution is 9.10. The maximum atomic E-state index is 5.11. The first-order chi connectivity index (χ1) is 13.7. The van der Waals surface area contributed by atoms with Gasteiger partial charge in [-0.05, 0) is 30.5 Å². The minimum Gasteiger partial charge on any atom is -0.233 e. The topological polar surface area (TPSA) is 24.7 Å². The van der Waals surface area contributed by atoms with Crippen LogP contribution in [0.25, 0.3) is 0 Å². The van der Waals surface area contributed by atoms with Crippen LogP contribution in [0.1, 0.15) is 30.9 Å². The lowest BCUT2D eigenvalue weighted by molar-refractivity contribution is 0.728. The quantitative estimate of drug-likeness (QED) is 0.512. The Hall–Kier alpha value is -2.52. The minimum absolute atomic E-state index is 0.241. The second-order valence-electron chi connectivity index (χ2n) is 7.07. The number of rotatable bonds is 4. The van der Waals surface area contributed by atoms with Crippen molar-refractivity contribution in [2.75, 3.05) is 0 Å². The van der Waals surface area contributed by atoms with Gasteiger partial charge in [-0.1, -0.05) is 95.7 Å². The summed E-state index contributed by atoms with van der Waals surface area (Å²) in [6.07, 6.45) is 13.0. The van der Waals surface area contributed by atoms with E-state index in [-0.39, 0.29) is 5.92 Å². The van der Waals surface area contributed by atoms with E-state index >= 15 is 0 Å². The average molecular weight is 431 g/mol. The molecule has 0 amide bonds. The van der Waals surface area contributed by atoms with E-state index in [1.807, 2.05) is 18.2 Å². The van der Waals surface area contributed by atoms with Crippen LogP contribution >= 0.6 is 15.9 Å². The van der Waals surface area contributed by atoms with Crippen molar-refractivity contribution >= 4 is 27.5 Å². The SMILES string of the molecule is CC[C@H]1C=C(C2C=CC=CC2)N=C(c2cccc(Br)c2)N=C1c1ccccc1. The Morgan fingerprint density at radius 1 is 0.964 bits per heavy atom. The van der Waals surface area contributed by atoms with Gasteiger partial charge in [0.05, 0.1) is 5.71 Å². The summed E-state index contributed by atoms with van der Waals surface area (Å²) in [5, 5.41) is 0. The smallest absolute Gasteiger partial charge is 0.159 e. The Morgan fingerprint density at radius 3 is 2.50 bits per heavy atom. The second kappa shape index (κ2) is 8.66. The molecule has 4 rings (SSSR count). The molecule has 3 heteroatoms. The number of hydrogen-bond donors (Lipinski definition) is 0. The normalized spacial score (nSPS) is 21.6. The Morgan fingerprint density at radius 2 is 1.79 bits per heavy atom. The van der Waals surface area contributed by atoms with Gasteiger partial charge in [0.1, 0.15) is 0 Å². The molecule has 1 heterocycles. The van der Waals surface area contributed by atoms with Crippen molar-refractivity contribution in [3.63, 3.8) is 0 Å². The molecule has 1 aliphatic carbocycles. The van der Waals surface area contributed by atoms with Crippen LogP contribution in [0.3, 0.4) is 0 Å². The number of benzene rings is 2. The number of aliphatic imine (C=N–C) groups is 2. The van der Waals surface area contributed by atoms with Gasteiger partial charge in [0, 0.05) is 27.6 Å². The van der Waals surface area contributed by atoms with Gasteiger partial charge in [-0.15, -0.1) is 0 Å². The fourth-order valence-electron chi connectivity index (χ4n) is 3.63. The van der Waals surface area contributed by atoms with E-state index in [1.54, 1.807) is 0 Å². The van der Waals surface area contributed by atoms with Crippen LogP contribution in [0, 0.1) is 11.8 Å². The van der Waals surface area contributed by atoms with Crippen LogP contribution in [-0.4, -0.2) is 11.5 Å². The van der Waals surface area contributed by atoms with E-state index < -0.39 is 0 Å². The highest BCUT2D eigenvalue weighted by Crippen LogP contribution is 2.29. The van der Waals surface area contributed by atoms with Gasteiger partial charge < -0.3 is 0 Å². The molecule has 0 saturated carbocycles. The molecule has 0 N–H and O–H groups in total. The number of nitrogens with zero attached hydrogens (tertiary/aromatic N) is 2. The lowest BCUT2D eigenvalue weighted by Gasteiger charge is -2.16. The minimum atomic E-state index is 0.241. The molecule has 0 spiro atoms. The summed E-state index contributed by atoms with van der Waals surface area (Å²) in [4.78, 5) is 10.2. The number of allylic oxidation sites excluding steroid dienone is 5. The van der Waals surface area contributed by atoms with Gasteiger partial charge in [-0.2, -0.15) is 0 Å². The highest BCUT2D eigenvalue weighted by atomic mass is 79.9. The van der Waals surface area contributed by atoms with Crippen molar-refractivity contribution < 1.29 is 0 Å². The first-order valence-electron chi connectivity index (χ1n) is 9.78. The zero-order valence-corrected chi connectivity index (χ0v) is 17.5. The number of amidine groups is 1. The summed E-state index contributed by atoms with van der Waals surface area (Å²) in [5.74, 6) is 1.32. The Bertz CT molecular complexity index is 996. The van der Waals surface area contributed by atoms with Crippen molar-refractivity contribution in [3.8, 4) is 0 Å².